The number of rotatable bonds is 7. The average molecular weight is 357 g/mol. The Morgan fingerprint density at radius 1 is 1.35 bits per heavy atom. The van der Waals surface area contributed by atoms with Crippen LogP contribution in [0, 0.1) is 5.92 Å². The van der Waals surface area contributed by atoms with Crippen molar-refractivity contribution in [3.05, 3.63) is 41.8 Å². The molecule has 138 valence electrons. The van der Waals surface area contributed by atoms with Gasteiger partial charge in [-0.1, -0.05) is 12.1 Å². The van der Waals surface area contributed by atoms with Crippen LogP contribution in [0.5, 0.6) is 0 Å². The van der Waals surface area contributed by atoms with E-state index in [0.29, 0.717) is 37.8 Å². The lowest BCUT2D eigenvalue weighted by molar-refractivity contribution is -0.136. The molecule has 0 bridgehead atoms. The summed E-state index contributed by atoms with van der Waals surface area (Å²) in [5.41, 5.74) is 1.01. The highest BCUT2D eigenvalue weighted by atomic mass is 16.5. The lowest BCUT2D eigenvalue weighted by Gasteiger charge is -2.22. The lowest BCUT2D eigenvalue weighted by atomic mass is 10.1. The van der Waals surface area contributed by atoms with Gasteiger partial charge in [-0.15, -0.1) is 0 Å². The molecule has 2 aromatic rings. The molecule has 26 heavy (non-hydrogen) atoms. The predicted molar refractivity (Wildman–Crippen MR) is 92.5 cm³/mol. The van der Waals surface area contributed by atoms with Crippen LogP contribution in [0.2, 0.25) is 0 Å². The van der Waals surface area contributed by atoms with Gasteiger partial charge in [0.1, 0.15) is 0 Å². The molecule has 1 saturated heterocycles. The van der Waals surface area contributed by atoms with Crippen LogP contribution in [0.25, 0.3) is 0 Å². The summed E-state index contributed by atoms with van der Waals surface area (Å²) >= 11 is 0. The van der Waals surface area contributed by atoms with Crippen molar-refractivity contribution in [2.75, 3.05) is 13.1 Å². The molecule has 0 aromatic carbocycles. The third kappa shape index (κ3) is 4.07. The number of pyridine rings is 1. The second-order valence-electron chi connectivity index (χ2n) is 6.34. The first kappa shape index (κ1) is 18.0. The van der Waals surface area contributed by atoms with Crippen molar-refractivity contribution in [1.82, 2.24) is 24.9 Å². The molecule has 8 nitrogen and oxygen atoms in total. The predicted octanol–water partition coefficient (Wildman–Crippen LogP) is 1.42. The fourth-order valence-electron chi connectivity index (χ4n) is 3.06. The molecule has 0 spiro atoms. The minimum absolute atomic E-state index is 0.00211. The summed E-state index contributed by atoms with van der Waals surface area (Å²) in [6.45, 7) is 5.58. The Labute approximate surface area is 152 Å². The van der Waals surface area contributed by atoms with Crippen molar-refractivity contribution < 1.29 is 14.1 Å². The molecule has 1 atom stereocenters. The Morgan fingerprint density at radius 2 is 2.12 bits per heavy atom. The first-order valence-corrected chi connectivity index (χ1v) is 8.87. The molecule has 1 aliphatic rings. The van der Waals surface area contributed by atoms with Crippen LogP contribution in [0.3, 0.4) is 0 Å². The van der Waals surface area contributed by atoms with E-state index in [1.807, 2.05) is 26.0 Å². The summed E-state index contributed by atoms with van der Waals surface area (Å²) in [6, 6.07) is 3.75. The molecule has 0 aliphatic carbocycles. The normalized spacial score (nSPS) is 16.9. The molecule has 3 heterocycles. The van der Waals surface area contributed by atoms with Crippen molar-refractivity contribution in [2.45, 2.75) is 39.8 Å². The molecule has 8 heteroatoms. The van der Waals surface area contributed by atoms with Crippen LogP contribution < -0.4 is 0 Å². The van der Waals surface area contributed by atoms with Crippen LogP contribution in [-0.2, 0) is 29.1 Å². The van der Waals surface area contributed by atoms with Crippen LogP contribution >= 0.6 is 0 Å². The van der Waals surface area contributed by atoms with Gasteiger partial charge in [-0.25, -0.2) is 0 Å². The first-order valence-electron chi connectivity index (χ1n) is 8.87. The molecule has 3 rings (SSSR count). The zero-order valence-corrected chi connectivity index (χ0v) is 15.1. The zero-order valence-electron chi connectivity index (χ0n) is 15.1. The highest BCUT2D eigenvalue weighted by molar-refractivity contribution is 5.89. The number of nitrogens with zero attached hydrogens (tertiary/aromatic N) is 5. The third-order valence-electron chi connectivity index (χ3n) is 4.53. The van der Waals surface area contributed by atoms with E-state index in [1.165, 1.54) is 0 Å². The van der Waals surface area contributed by atoms with Gasteiger partial charge >= 0.3 is 0 Å². The number of likely N-dealkylation sites (tertiary alicyclic amines) is 1. The Hall–Kier alpha value is -2.77. The second kappa shape index (κ2) is 8.07. The Morgan fingerprint density at radius 3 is 2.77 bits per heavy atom. The summed E-state index contributed by atoms with van der Waals surface area (Å²) < 4.78 is 5.18. The van der Waals surface area contributed by atoms with Crippen LogP contribution in [0.4, 0.5) is 0 Å². The van der Waals surface area contributed by atoms with Crippen LogP contribution in [-0.4, -0.2) is 49.8 Å². The summed E-state index contributed by atoms with van der Waals surface area (Å²) in [6.07, 6.45) is 4.33. The fourth-order valence-corrected chi connectivity index (χ4v) is 3.06. The number of carbonyl (C=O) groups excluding carboxylic acids is 2. The van der Waals surface area contributed by atoms with E-state index in [-0.39, 0.29) is 30.7 Å². The Balaban J connectivity index is 1.62. The number of hydrogen-bond acceptors (Lipinski definition) is 6. The van der Waals surface area contributed by atoms with Crippen molar-refractivity contribution in [3.63, 3.8) is 0 Å². The molecule has 0 saturated carbocycles. The monoisotopic (exact) mass is 357 g/mol. The van der Waals surface area contributed by atoms with Crippen molar-refractivity contribution in [2.24, 2.45) is 5.92 Å². The molecular weight excluding hydrogens is 334 g/mol. The summed E-state index contributed by atoms with van der Waals surface area (Å²) in [5.74, 6) is 0.674. The van der Waals surface area contributed by atoms with Crippen molar-refractivity contribution in [1.29, 1.82) is 0 Å². The molecule has 0 unspecified atom stereocenters. The maximum atomic E-state index is 12.8. The fraction of sp³-hybridized carbons (Fsp3) is 0.500. The van der Waals surface area contributed by atoms with Gasteiger partial charge < -0.3 is 14.3 Å². The quantitative estimate of drug-likeness (QED) is 0.744. The minimum atomic E-state index is -0.335. The van der Waals surface area contributed by atoms with E-state index in [9.17, 15) is 9.59 Å². The van der Waals surface area contributed by atoms with E-state index in [4.69, 9.17) is 4.52 Å². The number of amides is 2. The molecule has 0 N–H and O–H groups in total. The van der Waals surface area contributed by atoms with Gasteiger partial charge in [0.2, 0.25) is 17.7 Å². The van der Waals surface area contributed by atoms with E-state index < -0.39 is 0 Å². The summed E-state index contributed by atoms with van der Waals surface area (Å²) in [4.78, 5) is 36.8. The highest BCUT2D eigenvalue weighted by Gasteiger charge is 2.36. The van der Waals surface area contributed by atoms with Gasteiger partial charge in [0.15, 0.2) is 5.82 Å². The van der Waals surface area contributed by atoms with E-state index in [2.05, 4.69) is 15.1 Å². The average Bonchev–Trinajstić information content (AvgIpc) is 3.27. The number of aromatic nitrogens is 3. The molecule has 1 fully saturated rings. The molecule has 1 aliphatic heterocycles. The lowest BCUT2D eigenvalue weighted by Crippen LogP contribution is -2.37. The van der Waals surface area contributed by atoms with Gasteiger partial charge in [-0.05, 0) is 24.6 Å². The minimum Gasteiger partial charge on any atom is -0.338 e. The van der Waals surface area contributed by atoms with Gasteiger partial charge in [-0.2, -0.15) is 4.98 Å². The van der Waals surface area contributed by atoms with Gasteiger partial charge in [0.25, 0.3) is 0 Å². The third-order valence-corrected chi connectivity index (χ3v) is 4.53. The smallest absolute Gasteiger partial charge is 0.246 e. The standard InChI is InChI=1S/C18H23N5O3/c1-3-15-20-16(26-21-15)12-22(4-2)18(25)14-9-17(24)23(11-14)10-13-5-7-19-8-6-13/h5-8,14H,3-4,9-12H2,1-2H3/t14-/m0/s1. The first-order chi connectivity index (χ1) is 12.6. The number of carbonyl (C=O) groups is 2. The number of hydrogen-bond donors (Lipinski definition) is 0. The number of aryl methyl sites for hydroxylation is 1. The molecular formula is C18H23N5O3. The topological polar surface area (TPSA) is 92.4 Å². The van der Waals surface area contributed by atoms with Crippen molar-refractivity contribution >= 4 is 11.8 Å². The summed E-state index contributed by atoms with van der Waals surface area (Å²) in [7, 11) is 0. The largest absolute Gasteiger partial charge is 0.338 e. The van der Waals surface area contributed by atoms with Crippen LogP contribution in [0.1, 0.15) is 37.5 Å². The molecule has 0 radical (unpaired) electrons. The maximum absolute atomic E-state index is 12.8. The SMILES string of the molecule is CCc1noc(CN(CC)C(=O)[C@H]2CC(=O)N(Cc3ccncc3)C2)n1. The molecule has 2 aromatic heterocycles. The Bertz CT molecular complexity index is 761. The highest BCUT2D eigenvalue weighted by Crippen LogP contribution is 2.22. The second-order valence-corrected chi connectivity index (χ2v) is 6.34. The van der Waals surface area contributed by atoms with E-state index >= 15 is 0 Å². The summed E-state index contributed by atoms with van der Waals surface area (Å²) in [5, 5.41) is 3.86. The van der Waals surface area contributed by atoms with E-state index in [1.54, 1.807) is 22.2 Å². The zero-order chi connectivity index (χ0) is 18.5. The van der Waals surface area contributed by atoms with Gasteiger partial charge in [-0.3, -0.25) is 14.6 Å². The maximum Gasteiger partial charge on any atom is 0.246 e. The van der Waals surface area contributed by atoms with Crippen molar-refractivity contribution in [3.8, 4) is 0 Å². The van der Waals surface area contributed by atoms with Gasteiger partial charge in [0.05, 0.1) is 12.5 Å². The van der Waals surface area contributed by atoms with Crippen LogP contribution in [0.15, 0.2) is 29.0 Å². The van der Waals surface area contributed by atoms with E-state index in [0.717, 1.165) is 5.56 Å². The Kier molecular flexibility index (Phi) is 5.60. The molecule has 2 amide bonds. The van der Waals surface area contributed by atoms with Gasteiger partial charge in [0, 0.05) is 44.9 Å².